The number of fused-ring (bicyclic) bond motifs is 2. The van der Waals surface area contributed by atoms with E-state index >= 15 is 0 Å². The summed E-state index contributed by atoms with van der Waals surface area (Å²) >= 11 is 0. The van der Waals surface area contributed by atoms with E-state index in [-0.39, 0.29) is 63.7 Å². The number of aliphatic carboxylic acids is 2. The summed E-state index contributed by atoms with van der Waals surface area (Å²) in [5, 5.41) is 17.6. The molecule has 0 radical (unpaired) electrons. The van der Waals surface area contributed by atoms with Crippen LogP contribution in [0.2, 0.25) is 0 Å². The molecule has 2 unspecified atom stereocenters. The van der Waals surface area contributed by atoms with Crippen LogP contribution in [0.5, 0.6) is 23.0 Å². The van der Waals surface area contributed by atoms with Gasteiger partial charge < -0.3 is 39.0 Å². The molecule has 0 bridgehead atoms. The molecule has 2 saturated heterocycles. The molecule has 2 atom stereocenters. The Labute approximate surface area is 374 Å². The Morgan fingerprint density at radius 2 is 1.06 bits per heavy atom. The van der Waals surface area contributed by atoms with Crippen LogP contribution >= 0.6 is 0 Å². The van der Waals surface area contributed by atoms with Crippen molar-refractivity contribution in [3.8, 4) is 23.0 Å². The third-order valence-electron chi connectivity index (χ3n) is 11.4. The van der Waals surface area contributed by atoms with Gasteiger partial charge >= 0.3 is 11.9 Å². The van der Waals surface area contributed by atoms with Crippen LogP contribution in [0.1, 0.15) is 55.4 Å². The van der Waals surface area contributed by atoms with E-state index in [9.17, 15) is 45.5 Å². The summed E-state index contributed by atoms with van der Waals surface area (Å²) in [6.07, 6.45) is -0.130. The Balaban J connectivity index is 0.000000197. The van der Waals surface area contributed by atoms with Crippen molar-refractivity contribution in [2.24, 2.45) is 0 Å². The minimum atomic E-state index is -3.71. The number of carboxylic acid groups (broad SMARTS) is 2. The van der Waals surface area contributed by atoms with Gasteiger partial charge in [0.05, 0.1) is 56.8 Å². The molecule has 66 heavy (non-hydrogen) atoms. The van der Waals surface area contributed by atoms with Crippen molar-refractivity contribution in [1.82, 2.24) is 9.80 Å². The zero-order valence-electron chi connectivity index (χ0n) is 35.7. The van der Waals surface area contributed by atoms with Crippen molar-refractivity contribution in [1.29, 1.82) is 0 Å². The van der Waals surface area contributed by atoms with E-state index in [1.165, 1.54) is 54.3 Å². The Bertz CT molecular complexity index is 2580. The summed E-state index contributed by atoms with van der Waals surface area (Å²) in [6, 6.07) is 20.7. The zero-order valence-corrected chi connectivity index (χ0v) is 35.7. The molecule has 4 aliphatic heterocycles. The van der Waals surface area contributed by atoms with Gasteiger partial charge in [-0.2, -0.15) is 0 Å². The normalized spacial score (nSPS) is 20.6. The lowest BCUT2D eigenvalue weighted by atomic mass is 9.90. The van der Waals surface area contributed by atoms with Crippen LogP contribution < -0.4 is 18.9 Å². The smallest absolute Gasteiger partial charge is 0.306 e. The number of nitrogens with zero attached hydrogens (tertiary/aromatic N) is 2. The van der Waals surface area contributed by atoms with Crippen LogP contribution in [0.4, 0.5) is 26.3 Å². The number of carbonyl (C=O) groups excluding carboxylic acids is 2. The highest BCUT2D eigenvalue weighted by Crippen LogP contribution is 2.44. The quantitative estimate of drug-likeness (QED) is 0.134. The number of hydrogen-bond acceptors (Lipinski definition) is 8. The molecule has 12 nitrogen and oxygen atoms in total. The van der Waals surface area contributed by atoms with Crippen molar-refractivity contribution < 1.29 is 74.7 Å². The van der Waals surface area contributed by atoms with Gasteiger partial charge in [0.15, 0.2) is 5.67 Å². The number of amides is 2. The number of ether oxygens (including phenoxy) is 4. The molecule has 348 valence electrons. The number of likely N-dealkylation sites (tertiary alicyclic amines) is 2. The van der Waals surface area contributed by atoms with Gasteiger partial charge in [0.25, 0.3) is 17.7 Å². The third-order valence-corrected chi connectivity index (χ3v) is 11.4. The summed E-state index contributed by atoms with van der Waals surface area (Å²) in [5.74, 6) is -6.20. The molecule has 4 aromatic carbocycles. The van der Waals surface area contributed by atoms with Gasteiger partial charge in [-0.15, -0.1) is 0 Å². The lowest BCUT2D eigenvalue weighted by molar-refractivity contribution is -0.138. The number of benzene rings is 4. The van der Waals surface area contributed by atoms with Crippen molar-refractivity contribution in [2.75, 3.05) is 52.6 Å². The Hall–Kier alpha value is -6.98. The predicted octanol–water partition coefficient (Wildman–Crippen LogP) is 7.91. The lowest BCUT2D eigenvalue weighted by Crippen LogP contribution is -2.39. The molecule has 0 spiro atoms. The molecule has 2 fully saturated rings. The average molecular weight is 923 g/mol. The van der Waals surface area contributed by atoms with Crippen LogP contribution in [-0.2, 0) is 19.2 Å². The van der Waals surface area contributed by atoms with Crippen LogP contribution in [-0.4, -0.2) is 114 Å². The minimum absolute atomic E-state index is 0.00272. The highest BCUT2D eigenvalue weighted by molar-refractivity contribution is 6.07. The fourth-order valence-electron chi connectivity index (χ4n) is 7.91. The number of carbonyl (C=O) groups is 4. The summed E-state index contributed by atoms with van der Waals surface area (Å²) in [6.45, 7) is 0.280. The molecule has 4 aromatic rings. The fraction of sp³-hybridized carbons (Fsp3) is 0.333. The van der Waals surface area contributed by atoms with Gasteiger partial charge in [-0.1, -0.05) is 24.3 Å². The van der Waals surface area contributed by atoms with Crippen LogP contribution in [0.25, 0.3) is 11.1 Å². The fourth-order valence-corrected chi connectivity index (χ4v) is 7.91. The van der Waals surface area contributed by atoms with E-state index in [1.807, 2.05) is 0 Å². The Kier molecular flexibility index (Phi) is 13.4. The van der Waals surface area contributed by atoms with E-state index in [0.717, 1.165) is 11.8 Å². The highest BCUT2D eigenvalue weighted by Gasteiger charge is 2.60. The van der Waals surface area contributed by atoms with Gasteiger partial charge in [-0.05, 0) is 85.6 Å². The summed E-state index contributed by atoms with van der Waals surface area (Å²) < 4.78 is 107. The maximum absolute atomic E-state index is 14.4. The molecule has 4 heterocycles. The molecule has 0 aromatic heterocycles. The van der Waals surface area contributed by atoms with Crippen molar-refractivity contribution >= 4 is 34.9 Å². The molecular weight excluding hydrogens is 879 g/mol. The lowest BCUT2D eigenvalue weighted by Gasteiger charge is -2.27. The van der Waals surface area contributed by atoms with Crippen molar-refractivity contribution in [2.45, 2.75) is 50.4 Å². The predicted molar refractivity (Wildman–Crippen MR) is 226 cm³/mol. The second-order valence-corrected chi connectivity index (χ2v) is 16.6. The minimum Gasteiger partial charge on any atom is -0.493 e. The monoisotopic (exact) mass is 922 g/mol. The van der Waals surface area contributed by atoms with E-state index in [0.29, 0.717) is 68.5 Å². The molecule has 2 N–H and O–H groups in total. The zero-order chi connectivity index (χ0) is 47.6. The molecule has 18 heteroatoms. The van der Waals surface area contributed by atoms with E-state index in [2.05, 4.69) is 0 Å². The van der Waals surface area contributed by atoms with E-state index < -0.39 is 59.8 Å². The van der Waals surface area contributed by atoms with Gasteiger partial charge in [0.1, 0.15) is 53.5 Å². The van der Waals surface area contributed by atoms with Crippen LogP contribution in [0.15, 0.2) is 96.1 Å². The summed E-state index contributed by atoms with van der Waals surface area (Å²) in [5.41, 5.74) is -1.10. The first-order chi connectivity index (χ1) is 31.2. The largest absolute Gasteiger partial charge is 0.493 e. The molecule has 4 aliphatic rings. The second-order valence-electron chi connectivity index (χ2n) is 16.6. The highest BCUT2D eigenvalue weighted by atomic mass is 19.3. The maximum atomic E-state index is 14.4. The Morgan fingerprint density at radius 3 is 1.44 bits per heavy atom. The standard InChI is InChI=1S/C24H21F4NO5.C24H23F2NO5/c1-23(26)12-29(13-24(23,27)28)22(32)18-11-34-19-7-6-16(33-9-8-20(30)31)10-17(19)21(18)14-2-4-15(25)5-3-14;1-24(26)9-10-27(14-24)23(30)19-13-32-20-7-6-17(31-11-8-21(28)29)12-18(20)22(19)15-2-4-16(25)5-3-15/h2-7,10H,8-9,11-13H2,1H3,(H,30,31);2-7,12H,8-11,13-14H2,1H3,(H,28,29). The van der Waals surface area contributed by atoms with Crippen molar-refractivity contribution in [3.63, 3.8) is 0 Å². The first-order valence-corrected chi connectivity index (χ1v) is 20.8. The van der Waals surface area contributed by atoms with E-state index in [4.69, 9.17) is 29.2 Å². The second kappa shape index (κ2) is 18.9. The number of carboxylic acids is 2. The number of halogens is 6. The maximum Gasteiger partial charge on any atom is 0.306 e. The summed E-state index contributed by atoms with van der Waals surface area (Å²) in [7, 11) is 0. The molecule has 0 saturated carbocycles. The van der Waals surface area contributed by atoms with Crippen LogP contribution in [0.3, 0.4) is 0 Å². The first kappa shape index (κ1) is 47.0. The Morgan fingerprint density at radius 1 is 0.621 bits per heavy atom. The average Bonchev–Trinajstić information content (AvgIpc) is 3.75. The first-order valence-electron chi connectivity index (χ1n) is 20.8. The molecular formula is C48H44F6N2O10. The SMILES string of the molecule is CC1(F)CCN(C(=O)C2=C(c3ccc(F)cc3)c3cc(OCCC(=O)O)ccc3OC2)C1.CC1(F)CN(C(=O)C2=C(c3ccc(F)cc3)c3cc(OCCC(=O)O)ccc3OC2)CC1(F)F. The van der Waals surface area contributed by atoms with Gasteiger partial charge in [-0.3, -0.25) is 19.2 Å². The van der Waals surface area contributed by atoms with Crippen molar-refractivity contribution in [3.05, 3.63) is 130 Å². The third kappa shape index (κ3) is 10.4. The number of alkyl halides is 4. The molecule has 2 amide bonds. The molecule has 8 rings (SSSR count). The summed E-state index contributed by atoms with van der Waals surface area (Å²) in [4.78, 5) is 50.4. The van der Waals surface area contributed by atoms with E-state index in [1.54, 1.807) is 42.5 Å². The topological polar surface area (TPSA) is 152 Å². The van der Waals surface area contributed by atoms with Crippen LogP contribution in [0, 0.1) is 11.6 Å². The van der Waals surface area contributed by atoms with Gasteiger partial charge in [0, 0.05) is 35.2 Å². The number of rotatable bonds is 12. The van der Waals surface area contributed by atoms with Gasteiger partial charge in [0.2, 0.25) is 0 Å². The number of hydrogen-bond donors (Lipinski definition) is 2. The van der Waals surface area contributed by atoms with Gasteiger partial charge in [-0.25, -0.2) is 26.3 Å². The molecule has 0 aliphatic carbocycles.